The molecule has 0 aliphatic carbocycles. The number of benzene rings is 1. The Kier molecular flexibility index (Phi) is 3.61. The molecule has 16 heavy (non-hydrogen) atoms. The standard InChI is InChI=1S/C11H13ClN2OS/c12-8-2-3-10(9(13)6-8)16-7-11(15)14-4-1-5-14/h2-3,6H,1,4-5,7,13H2. The maximum absolute atomic E-state index is 11.6. The first-order valence-corrected chi connectivity index (χ1v) is 6.49. The van der Waals surface area contributed by atoms with Crippen LogP contribution in [0.1, 0.15) is 6.42 Å². The minimum absolute atomic E-state index is 0.186. The molecule has 1 amide bonds. The van der Waals surface area contributed by atoms with Crippen LogP contribution in [0, 0.1) is 0 Å². The fourth-order valence-electron chi connectivity index (χ4n) is 1.45. The van der Waals surface area contributed by atoms with Crippen LogP contribution in [0.4, 0.5) is 5.69 Å². The monoisotopic (exact) mass is 256 g/mol. The Labute approximate surface area is 104 Å². The van der Waals surface area contributed by atoms with Gasteiger partial charge in [-0.2, -0.15) is 0 Å². The van der Waals surface area contributed by atoms with Crippen LogP contribution < -0.4 is 5.73 Å². The van der Waals surface area contributed by atoms with Crippen molar-refractivity contribution in [1.82, 2.24) is 4.90 Å². The van der Waals surface area contributed by atoms with Crippen molar-refractivity contribution in [2.75, 3.05) is 24.6 Å². The van der Waals surface area contributed by atoms with E-state index in [2.05, 4.69) is 0 Å². The first-order valence-electron chi connectivity index (χ1n) is 5.12. The summed E-state index contributed by atoms with van der Waals surface area (Å²) >= 11 is 7.26. The Morgan fingerprint density at radius 1 is 1.50 bits per heavy atom. The maximum Gasteiger partial charge on any atom is 0.232 e. The van der Waals surface area contributed by atoms with Crippen molar-refractivity contribution in [2.24, 2.45) is 0 Å². The van der Waals surface area contributed by atoms with E-state index < -0.39 is 0 Å². The Morgan fingerprint density at radius 3 is 2.81 bits per heavy atom. The number of nitrogens with two attached hydrogens (primary N) is 1. The number of carbonyl (C=O) groups excluding carboxylic acids is 1. The van der Waals surface area contributed by atoms with Crippen molar-refractivity contribution in [2.45, 2.75) is 11.3 Å². The second kappa shape index (κ2) is 4.97. The molecule has 0 bridgehead atoms. The van der Waals surface area contributed by atoms with Crippen LogP contribution in [0.15, 0.2) is 23.1 Å². The summed E-state index contributed by atoms with van der Waals surface area (Å²) in [7, 11) is 0. The molecule has 86 valence electrons. The van der Waals surface area contributed by atoms with Crippen molar-refractivity contribution < 1.29 is 4.79 Å². The van der Waals surface area contributed by atoms with E-state index in [0.29, 0.717) is 16.5 Å². The molecule has 0 spiro atoms. The summed E-state index contributed by atoms with van der Waals surface area (Å²) < 4.78 is 0. The van der Waals surface area contributed by atoms with Crippen LogP contribution >= 0.6 is 23.4 Å². The van der Waals surface area contributed by atoms with Gasteiger partial charge in [0, 0.05) is 28.7 Å². The lowest BCUT2D eigenvalue weighted by atomic mass is 10.2. The van der Waals surface area contributed by atoms with Gasteiger partial charge in [0.15, 0.2) is 0 Å². The zero-order chi connectivity index (χ0) is 11.5. The van der Waals surface area contributed by atoms with Crippen molar-refractivity contribution in [3.8, 4) is 0 Å². The van der Waals surface area contributed by atoms with Gasteiger partial charge in [-0.05, 0) is 24.6 Å². The normalized spacial score (nSPS) is 14.7. The minimum Gasteiger partial charge on any atom is -0.398 e. The van der Waals surface area contributed by atoms with Gasteiger partial charge in [-0.15, -0.1) is 11.8 Å². The third kappa shape index (κ3) is 2.62. The Bertz CT molecular complexity index is 407. The van der Waals surface area contributed by atoms with Gasteiger partial charge in [0.1, 0.15) is 0 Å². The summed E-state index contributed by atoms with van der Waals surface area (Å²) in [4.78, 5) is 14.4. The number of hydrogen-bond donors (Lipinski definition) is 1. The average molecular weight is 257 g/mol. The van der Waals surface area contributed by atoms with Gasteiger partial charge in [-0.3, -0.25) is 4.79 Å². The van der Waals surface area contributed by atoms with Gasteiger partial charge in [0.2, 0.25) is 5.91 Å². The zero-order valence-electron chi connectivity index (χ0n) is 8.78. The van der Waals surface area contributed by atoms with Gasteiger partial charge in [-0.1, -0.05) is 11.6 Å². The number of nitrogen functional groups attached to an aromatic ring is 1. The molecule has 2 N–H and O–H groups in total. The second-order valence-corrected chi connectivity index (χ2v) is 5.16. The number of carbonyl (C=O) groups is 1. The topological polar surface area (TPSA) is 46.3 Å². The highest BCUT2D eigenvalue weighted by Crippen LogP contribution is 2.28. The molecule has 5 heteroatoms. The molecule has 0 atom stereocenters. The van der Waals surface area contributed by atoms with E-state index in [-0.39, 0.29) is 5.91 Å². The van der Waals surface area contributed by atoms with E-state index in [1.807, 2.05) is 11.0 Å². The summed E-state index contributed by atoms with van der Waals surface area (Å²) in [5, 5.41) is 0.621. The molecule has 1 heterocycles. The van der Waals surface area contributed by atoms with E-state index in [1.54, 1.807) is 12.1 Å². The Morgan fingerprint density at radius 2 is 2.25 bits per heavy atom. The molecule has 1 aromatic rings. The van der Waals surface area contributed by atoms with Crippen molar-refractivity contribution in [3.63, 3.8) is 0 Å². The molecule has 1 fully saturated rings. The predicted octanol–water partition coefficient (Wildman–Crippen LogP) is 2.25. The first kappa shape index (κ1) is 11.6. The van der Waals surface area contributed by atoms with Crippen LogP contribution in [0.2, 0.25) is 5.02 Å². The lowest BCUT2D eigenvalue weighted by Gasteiger charge is -2.30. The molecule has 1 aliphatic heterocycles. The Balaban J connectivity index is 1.91. The van der Waals surface area contributed by atoms with E-state index >= 15 is 0 Å². The molecular formula is C11H13ClN2OS. The molecule has 0 saturated carbocycles. The second-order valence-electron chi connectivity index (χ2n) is 3.71. The Hall–Kier alpha value is -0.870. The van der Waals surface area contributed by atoms with E-state index in [4.69, 9.17) is 17.3 Å². The van der Waals surface area contributed by atoms with Crippen molar-refractivity contribution >= 4 is 35.0 Å². The van der Waals surface area contributed by atoms with Crippen LogP contribution in [-0.4, -0.2) is 29.6 Å². The molecule has 0 aromatic heterocycles. The summed E-state index contributed by atoms with van der Waals surface area (Å²) in [6.07, 6.45) is 1.12. The summed E-state index contributed by atoms with van der Waals surface area (Å²) in [5.74, 6) is 0.636. The maximum atomic E-state index is 11.6. The molecular weight excluding hydrogens is 244 g/mol. The predicted molar refractivity (Wildman–Crippen MR) is 67.8 cm³/mol. The average Bonchev–Trinajstić information content (AvgIpc) is 2.13. The van der Waals surface area contributed by atoms with E-state index in [1.165, 1.54) is 11.8 Å². The molecule has 0 unspecified atom stereocenters. The smallest absolute Gasteiger partial charge is 0.232 e. The van der Waals surface area contributed by atoms with Gasteiger partial charge in [0.25, 0.3) is 0 Å². The highest BCUT2D eigenvalue weighted by Gasteiger charge is 2.19. The van der Waals surface area contributed by atoms with Gasteiger partial charge in [-0.25, -0.2) is 0 Å². The molecule has 0 radical (unpaired) electrons. The van der Waals surface area contributed by atoms with E-state index in [9.17, 15) is 4.79 Å². The molecule has 1 aromatic carbocycles. The van der Waals surface area contributed by atoms with Crippen molar-refractivity contribution in [3.05, 3.63) is 23.2 Å². The van der Waals surface area contributed by atoms with Gasteiger partial charge >= 0.3 is 0 Å². The van der Waals surface area contributed by atoms with Gasteiger partial charge in [0.05, 0.1) is 5.75 Å². The first-order chi connectivity index (χ1) is 7.66. The molecule has 2 rings (SSSR count). The van der Waals surface area contributed by atoms with Crippen LogP contribution in [0.5, 0.6) is 0 Å². The quantitative estimate of drug-likeness (QED) is 0.667. The fourth-order valence-corrected chi connectivity index (χ4v) is 2.48. The number of amides is 1. The number of rotatable bonds is 3. The summed E-state index contributed by atoms with van der Waals surface area (Å²) in [6.45, 7) is 1.80. The fraction of sp³-hybridized carbons (Fsp3) is 0.364. The molecule has 1 saturated heterocycles. The lowest BCUT2D eigenvalue weighted by molar-refractivity contribution is -0.131. The zero-order valence-corrected chi connectivity index (χ0v) is 10.4. The van der Waals surface area contributed by atoms with Crippen LogP contribution in [0.25, 0.3) is 0 Å². The van der Waals surface area contributed by atoms with E-state index in [0.717, 1.165) is 24.4 Å². The molecule has 1 aliphatic rings. The number of thioether (sulfide) groups is 1. The number of nitrogens with zero attached hydrogens (tertiary/aromatic N) is 1. The van der Waals surface area contributed by atoms with Gasteiger partial charge < -0.3 is 10.6 Å². The lowest BCUT2D eigenvalue weighted by Crippen LogP contribution is -2.43. The largest absolute Gasteiger partial charge is 0.398 e. The number of halogens is 1. The highest BCUT2D eigenvalue weighted by molar-refractivity contribution is 8.00. The van der Waals surface area contributed by atoms with Crippen molar-refractivity contribution in [1.29, 1.82) is 0 Å². The van der Waals surface area contributed by atoms with Crippen LogP contribution in [0.3, 0.4) is 0 Å². The summed E-state index contributed by atoms with van der Waals surface area (Å²) in [6, 6.07) is 5.35. The SMILES string of the molecule is Nc1cc(Cl)ccc1SCC(=O)N1CCC1. The number of hydrogen-bond acceptors (Lipinski definition) is 3. The highest BCUT2D eigenvalue weighted by atomic mass is 35.5. The third-order valence-corrected chi connectivity index (χ3v) is 3.84. The molecule has 3 nitrogen and oxygen atoms in total. The minimum atomic E-state index is 0.186. The third-order valence-electron chi connectivity index (χ3n) is 2.53. The van der Waals surface area contributed by atoms with Crippen LogP contribution in [-0.2, 0) is 4.79 Å². The number of likely N-dealkylation sites (tertiary alicyclic amines) is 1. The number of anilines is 1. The summed E-state index contributed by atoms with van der Waals surface area (Å²) in [5.41, 5.74) is 6.43.